The van der Waals surface area contributed by atoms with Crippen LogP contribution >= 0.6 is 12.4 Å². The topological polar surface area (TPSA) is 44.4 Å². The van der Waals surface area contributed by atoms with E-state index in [-0.39, 0.29) is 30.4 Å². The number of hydrogen-bond donors (Lipinski definition) is 2. The van der Waals surface area contributed by atoms with Crippen molar-refractivity contribution in [3.05, 3.63) is 24.3 Å². The number of halogens is 1. The quantitative estimate of drug-likeness (QED) is 0.898. The number of hydrogen-bond acceptors (Lipinski definition) is 3. The second kappa shape index (κ2) is 7.39. The summed E-state index contributed by atoms with van der Waals surface area (Å²) in [6.07, 6.45) is 0.955. The van der Waals surface area contributed by atoms with E-state index in [1.807, 2.05) is 26.0 Å². The highest BCUT2D eigenvalue weighted by atomic mass is 35.5. The second-order valence-corrected chi connectivity index (χ2v) is 5.13. The molecule has 0 aliphatic carbocycles. The van der Waals surface area contributed by atoms with Gasteiger partial charge in [0.2, 0.25) is 5.91 Å². The van der Waals surface area contributed by atoms with Crippen molar-refractivity contribution in [1.29, 1.82) is 0 Å². The molecule has 1 aliphatic heterocycles. The Kier molecular flexibility index (Phi) is 6.14. The number of nitrogens with one attached hydrogen (secondary N) is 2. The van der Waals surface area contributed by atoms with Crippen molar-refractivity contribution < 1.29 is 4.79 Å². The van der Waals surface area contributed by atoms with Crippen molar-refractivity contribution in [3.8, 4) is 0 Å². The van der Waals surface area contributed by atoms with Crippen molar-refractivity contribution in [2.24, 2.45) is 0 Å². The van der Waals surface area contributed by atoms with Crippen LogP contribution in [0, 0.1) is 0 Å². The van der Waals surface area contributed by atoms with Crippen LogP contribution < -0.4 is 15.5 Å². The average molecular weight is 298 g/mol. The largest absolute Gasteiger partial charge is 0.382 e. The minimum atomic E-state index is -0.141. The van der Waals surface area contributed by atoms with Gasteiger partial charge in [0.05, 0.1) is 11.4 Å². The molecule has 0 saturated heterocycles. The van der Waals surface area contributed by atoms with Gasteiger partial charge >= 0.3 is 0 Å². The number of anilines is 2. The lowest BCUT2D eigenvalue weighted by molar-refractivity contribution is -0.122. The predicted octanol–water partition coefficient (Wildman–Crippen LogP) is 2.64. The van der Waals surface area contributed by atoms with Crippen LogP contribution in [0.1, 0.15) is 27.2 Å². The molecule has 0 radical (unpaired) electrons. The Morgan fingerprint density at radius 3 is 2.80 bits per heavy atom. The van der Waals surface area contributed by atoms with E-state index in [1.54, 1.807) is 0 Å². The number of rotatable bonds is 4. The number of amides is 1. The summed E-state index contributed by atoms with van der Waals surface area (Å²) in [5.74, 6) is 0.103. The van der Waals surface area contributed by atoms with Crippen LogP contribution in [0.2, 0.25) is 0 Å². The lowest BCUT2D eigenvalue weighted by atomic mass is 10.1. The number of fused-ring (bicyclic) bond motifs is 1. The third kappa shape index (κ3) is 3.57. The van der Waals surface area contributed by atoms with Crippen LogP contribution in [0.4, 0.5) is 11.4 Å². The van der Waals surface area contributed by atoms with Gasteiger partial charge in [0.15, 0.2) is 0 Å². The van der Waals surface area contributed by atoms with Crippen LogP contribution in [0.5, 0.6) is 0 Å². The summed E-state index contributed by atoms with van der Waals surface area (Å²) in [5.41, 5.74) is 2.22. The summed E-state index contributed by atoms with van der Waals surface area (Å²) in [4.78, 5) is 14.4. The SMILES string of the molecule is CCC(C)NC(=O)C(C)N1CCNc2ccccc21.Cl. The van der Waals surface area contributed by atoms with Gasteiger partial charge in [-0.2, -0.15) is 0 Å². The molecule has 20 heavy (non-hydrogen) atoms. The number of carbonyl (C=O) groups excluding carboxylic acids is 1. The van der Waals surface area contributed by atoms with E-state index in [1.165, 1.54) is 0 Å². The van der Waals surface area contributed by atoms with Crippen molar-refractivity contribution in [2.45, 2.75) is 39.3 Å². The Bertz CT molecular complexity index is 452. The Morgan fingerprint density at radius 1 is 1.40 bits per heavy atom. The Labute approximate surface area is 127 Å². The number of nitrogens with zero attached hydrogens (tertiary/aromatic N) is 1. The van der Waals surface area contributed by atoms with E-state index in [0.717, 1.165) is 30.9 Å². The molecule has 0 fully saturated rings. The van der Waals surface area contributed by atoms with Crippen LogP contribution in [0.3, 0.4) is 0 Å². The van der Waals surface area contributed by atoms with E-state index >= 15 is 0 Å². The monoisotopic (exact) mass is 297 g/mol. The minimum Gasteiger partial charge on any atom is -0.382 e. The maximum Gasteiger partial charge on any atom is 0.242 e. The molecule has 2 atom stereocenters. The predicted molar refractivity (Wildman–Crippen MR) is 86.9 cm³/mol. The molecule has 1 aromatic carbocycles. The van der Waals surface area contributed by atoms with Gasteiger partial charge in [-0.1, -0.05) is 19.1 Å². The van der Waals surface area contributed by atoms with E-state index in [0.29, 0.717) is 0 Å². The molecule has 1 heterocycles. The van der Waals surface area contributed by atoms with Gasteiger partial charge in [-0.15, -0.1) is 12.4 Å². The van der Waals surface area contributed by atoms with Crippen LogP contribution in [-0.4, -0.2) is 31.1 Å². The third-order valence-electron chi connectivity index (χ3n) is 3.73. The zero-order valence-corrected chi connectivity index (χ0v) is 13.2. The maximum absolute atomic E-state index is 12.2. The van der Waals surface area contributed by atoms with Crippen LogP contribution in [-0.2, 0) is 4.79 Å². The molecular formula is C15H24ClN3O. The van der Waals surface area contributed by atoms with Gasteiger partial charge in [-0.3, -0.25) is 4.79 Å². The molecule has 112 valence electrons. The minimum absolute atomic E-state index is 0. The van der Waals surface area contributed by atoms with E-state index in [4.69, 9.17) is 0 Å². The third-order valence-corrected chi connectivity index (χ3v) is 3.73. The molecule has 2 unspecified atom stereocenters. The molecule has 0 spiro atoms. The fourth-order valence-corrected chi connectivity index (χ4v) is 2.31. The van der Waals surface area contributed by atoms with Crippen molar-refractivity contribution >= 4 is 29.7 Å². The highest BCUT2D eigenvalue weighted by molar-refractivity contribution is 5.87. The molecule has 4 nitrogen and oxygen atoms in total. The normalized spacial score (nSPS) is 16.2. The lowest BCUT2D eigenvalue weighted by Gasteiger charge is -2.36. The fraction of sp³-hybridized carbons (Fsp3) is 0.533. The van der Waals surface area contributed by atoms with Crippen molar-refractivity contribution in [3.63, 3.8) is 0 Å². The molecule has 0 aromatic heterocycles. The molecule has 0 bridgehead atoms. The van der Waals surface area contributed by atoms with Gasteiger partial charge in [0.25, 0.3) is 0 Å². The maximum atomic E-state index is 12.2. The lowest BCUT2D eigenvalue weighted by Crippen LogP contribution is -2.50. The van der Waals surface area contributed by atoms with E-state index in [2.05, 4.69) is 34.6 Å². The van der Waals surface area contributed by atoms with Crippen molar-refractivity contribution in [1.82, 2.24) is 5.32 Å². The first kappa shape index (κ1) is 16.6. The van der Waals surface area contributed by atoms with Crippen LogP contribution in [0.25, 0.3) is 0 Å². The summed E-state index contributed by atoms with van der Waals surface area (Å²) < 4.78 is 0. The first-order chi connectivity index (χ1) is 9.13. The second-order valence-electron chi connectivity index (χ2n) is 5.13. The molecular weight excluding hydrogens is 274 g/mol. The molecule has 1 aromatic rings. The van der Waals surface area contributed by atoms with Gasteiger partial charge in [-0.25, -0.2) is 0 Å². The van der Waals surface area contributed by atoms with Crippen LogP contribution in [0.15, 0.2) is 24.3 Å². The molecule has 0 saturated carbocycles. The average Bonchev–Trinajstić information content (AvgIpc) is 2.45. The first-order valence-corrected chi connectivity index (χ1v) is 7.03. The summed E-state index contributed by atoms with van der Waals surface area (Å²) in [5, 5.41) is 6.42. The number of benzene rings is 1. The zero-order chi connectivity index (χ0) is 13.8. The van der Waals surface area contributed by atoms with E-state index < -0.39 is 0 Å². The molecule has 2 rings (SSSR count). The molecule has 2 N–H and O–H groups in total. The van der Waals surface area contributed by atoms with Gasteiger partial charge < -0.3 is 15.5 Å². The molecule has 1 amide bonds. The fourth-order valence-electron chi connectivity index (χ4n) is 2.31. The Morgan fingerprint density at radius 2 is 2.10 bits per heavy atom. The van der Waals surface area contributed by atoms with Crippen molar-refractivity contribution in [2.75, 3.05) is 23.3 Å². The van der Waals surface area contributed by atoms with Gasteiger partial charge in [0, 0.05) is 19.1 Å². The summed E-state index contributed by atoms with van der Waals surface area (Å²) in [7, 11) is 0. The standard InChI is InChI=1S/C15H23N3O.ClH/c1-4-11(2)17-15(19)12(3)18-10-9-16-13-7-5-6-8-14(13)18;/h5-8,11-12,16H,4,9-10H2,1-3H3,(H,17,19);1H. The number of para-hydroxylation sites is 2. The van der Waals surface area contributed by atoms with Gasteiger partial charge in [0.1, 0.15) is 6.04 Å². The first-order valence-electron chi connectivity index (χ1n) is 7.03. The Balaban J connectivity index is 0.00000200. The summed E-state index contributed by atoms with van der Waals surface area (Å²) >= 11 is 0. The summed E-state index contributed by atoms with van der Waals surface area (Å²) in [6, 6.07) is 8.23. The highest BCUT2D eigenvalue weighted by Gasteiger charge is 2.26. The highest BCUT2D eigenvalue weighted by Crippen LogP contribution is 2.29. The van der Waals surface area contributed by atoms with Gasteiger partial charge in [-0.05, 0) is 32.4 Å². The summed E-state index contributed by atoms with van der Waals surface area (Å²) in [6.45, 7) is 7.82. The smallest absolute Gasteiger partial charge is 0.242 e. The molecule has 5 heteroatoms. The Hall–Kier alpha value is -1.42. The zero-order valence-electron chi connectivity index (χ0n) is 12.3. The molecule has 1 aliphatic rings. The number of carbonyl (C=O) groups is 1. The van der Waals surface area contributed by atoms with E-state index in [9.17, 15) is 4.79 Å².